The summed E-state index contributed by atoms with van der Waals surface area (Å²) >= 11 is 0. The van der Waals surface area contributed by atoms with Crippen LogP contribution in [0.2, 0.25) is 0 Å². The third-order valence-electron chi connectivity index (χ3n) is 2.13. The predicted molar refractivity (Wildman–Crippen MR) is 69.3 cm³/mol. The highest BCUT2D eigenvalue weighted by molar-refractivity contribution is 5.92. The van der Waals surface area contributed by atoms with Gasteiger partial charge in [0.2, 0.25) is 0 Å². The number of hydrogen-bond donors (Lipinski definition) is 0. The van der Waals surface area contributed by atoms with Gasteiger partial charge in [0.15, 0.2) is 0 Å². The topological polar surface area (TPSA) is 44.8 Å². The van der Waals surface area contributed by atoms with Crippen LogP contribution in [0.1, 0.15) is 38.1 Å². The van der Waals surface area contributed by atoms with E-state index >= 15 is 0 Å². The van der Waals surface area contributed by atoms with E-state index in [9.17, 15) is 4.79 Å². The van der Waals surface area contributed by atoms with Gasteiger partial charge in [-0.15, -0.1) is 0 Å². The summed E-state index contributed by atoms with van der Waals surface area (Å²) in [6, 6.07) is 5.12. The molecule has 18 heavy (non-hydrogen) atoms. The van der Waals surface area contributed by atoms with Gasteiger partial charge in [0.25, 0.3) is 0 Å². The van der Waals surface area contributed by atoms with Gasteiger partial charge in [-0.2, -0.15) is 0 Å². The van der Waals surface area contributed by atoms with Crippen LogP contribution in [0, 0.1) is 0 Å². The van der Waals surface area contributed by atoms with Gasteiger partial charge in [0, 0.05) is 6.07 Å². The number of ether oxygens (including phenoxy) is 3. The Morgan fingerprint density at radius 1 is 1.17 bits per heavy atom. The molecule has 0 unspecified atom stereocenters. The normalized spacial score (nSPS) is 10.3. The molecule has 0 amide bonds. The summed E-state index contributed by atoms with van der Waals surface area (Å²) in [6.07, 6.45) is -0.154. The second kappa shape index (κ2) is 6.89. The summed E-state index contributed by atoms with van der Waals surface area (Å²) in [5, 5.41) is 0. The molecule has 0 saturated carbocycles. The molecule has 1 rings (SSSR count). The smallest absolute Gasteiger partial charge is 0.342 e. The van der Waals surface area contributed by atoms with Crippen molar-refractivity contribution in [3.63, 3.8) is 0 Å². The fourth-order valence-corrected chi connectivity index (χ4v) is 1.48. The summed E-state index contributed by atoms with van der Waals surface area (Å²) in [5.41, 5.74) is 0.425. The first-order chi connectivity index (χ1) is 8.58. The zero-order valence-corrected chi connectivity index (χ0v) is 11.4. The van der Waals surface area contributed by atoms with E-state index in [2.05, 4.69) is 0 Å². The standard InChI is InChI=1S/C14H20O4/c1-5-16-11-7-8-12(13(9-11)17-6-2)14(15)18-10(3)4/h7-10H,5-6H2,1-4H3. The predicted octanol–water partition coefficient (Wildman–Crippen LogP) is 3.05. The van der Waals surface area contributed by atoms with Crippen molar-refractivity contribution >= 4 is 5.97 Å². The molecule has 0 heterocycles. The molecule has 0 N–H and O–H groups in total. The molecule has 4 nitrogen and oxygen atoms in total. The lowest BCUT2D eigenvalue weighted by Crippen LogP contribution is -2.13. The van der Waals surface area contributed by atoms with E-state index in [1.54, 1.807) is 18.2 Å². The minimum Gasteiger partial charge on any atom is -0.494 e. The third kappa shape index (κ3) is 3.95. The van der Waals surface area contributed by atoms with Crippen molar-refractivity contribution in [1.82, 2.24) is 0 Å². The zero-order valence-electron chi connectivity index (χ0n) is 11.4. The van der Waals surface area contributed by atoms with Crippen LogP contribution >= 0.6 is 0 Å². The Balaban J connectivity index is 2.98. The summed E-state index contributed by atoms with van der Waals surface area (Å²) in [4.78, 5) is 11.9. The van der Waals surface area contributed by atoms with E-state index in [1.807, 2.05) is 27.7 Å². The monoisotopic (exact) mass is 252 g/mol. The molecule has 0 spiro atoms. The van der Waals surface area contributed by atoms with Crippen LogP contribution < -0.4 is 9.47 Å². The lowest BCUT2D eigenvalue weighted by atomic mass is 10.2. The third-order valence-corrected chi connectivity index (χ3v) is 2.13. The number of benzene rings is 1. The van der Waals surface area contributed by atoms with Crippen LogP contribution in [-0.4, -0.2) is 25.3 Å². The minimum absolute atomic E-state index is 0.154. The molecule has 1 aromatic rings. The number of esters is 1. The van der Waals surface area contributed by atoms with E-state index < -0.39 is 0 Å². The Morgan fingerprint density at radius 3 is 2.39 bits per heavy atom. The van der Waals surface area contributed by atoms with Crippen molar-refractivity contribution in [3.05, 3.63) is 23.8 Å². The van der Waals surface area contributed by atoms with Crippen molar-refractivity contribution in [3.8, 4) is 11.5 Å². The summed E-state index contributed by atoms with van der Waals surface area (Å²) in [7, 11) is 0. The Bertz CT molecular complexity index is 399. The van der Waals surface area contributed by atoms with E-state index in [4.69, 9.17) is 14.2 Å². The van der Waals surface area contributed by atoms with Gasteiger partial charge in [-0.05, 0) is 39.8 Å². The quantitative estimate of drug-likeness (QED) is 0.730. The molecule has 0 bridgehead atoms. The molecule has 0 aliphatic heterocycles. The molecule has 1 aromatic carbocycles. The first-order valence-electron chi connectivity index (χ1n) is 6.19. The number of hydrogen-bond acceptors (Lipinski definition) is 4. The summed E-state index contributed by atoms with van der Waals surface area (Å²) in [5.74, 6) is 0.799. The van der Waals surface area contributed by atoms with Gasteiger partial charge < -0.3 is 14.2 Å². The maximum atomic E-state index is 11.9. The van der Waals surface area contributed by atoms with Gasteiger partial charge >= 0.3 is 5.97 Å². The molecule has 0 aliphatic carbocycles. The van der Waals surface area contributed by atoms with Crippen molar-refractivity contribution in [1.29, 1.82) is 0 Å². The van der Waals surface area contributed by atoms with Crippen molar-refractivity contribution in [2.75, 3.05) is 13.2 Å². The molecular formula is C14H20O4. The van der Waals surface area contributed by atoms with Gasteiger partial charge in [-0.3, -0.25) is 0 Å². The maximum Gasteiger partial charge on any atom is 0.342 e. The van der Waals surface area contributed by atoms with Crippen molar-refractivity contribution in [2.45, 2.75) is 33.8 Å². The van der Waals surface area contributed by atoms with Crippen LogP contribution in [0.15, 0.2) is 18.2 Å². The molecule has 0 aliphatic rings. The summed E-state index contributed by atoms with van der Waals surface area (Å²) < 4.78 is 16.0. The Labute approximate surface area is 108 Å². The Hall–Kier alpha value is -1.71. The maximum absolute atomic E-state index is 11.9. The van der Waals surface area contributed by atoms with Crippen molar-refractivity contribution < 1.29 is 19.0 Å². The van der Waals surface area contributed by atoms with Crippen LogP contribution in [0.3, 0.4) is 0 Å². The highest BCUT2D eigenvalue weighted by atomic mass is 16.5. The zero-order chi connectivity index (χ0) is 13.5. The van der Waals surface area contributed by atoms with Crippen molar-refractivity contribution in [2.24, 2.45) is 0 Å². The van der Waals surface area contributed by atoms with Crippen LogP contribution in [-0.2, 0) is 4.74 Å². The second-order valence-corrected chi connectivity index (χ2v) is 3.98. The van der Waals surface area contributed by atoms with Gasteiger partial charge in [0.05, 0.1) is 19.3 Å². The second-order valence-electron chi connectivity index (χ2n) is 3.98. The van der Waals surface area contributed by atoms with E-state index in [-0.39, 0.29) is 12.1 Å². The molecular weight excluding hydrogens is 232 g/mol. The van der Waals surface area contributed by atoms with Crippen LogP contribution in [0.25, 0.3) is 0 Å². The fraction of sp³-hybridized carbons (Fsp3) is 0.500. The number of carbonyl (C=O) groups excluding carboxylic acids is 1. The van der Waals surface area contributed by atoms with Crippen LogP contribution in [0.5, 0.6) is 11.5 Å². The molecule has 4 heteroatoms. The molecule has 100 valence electrons. The Morgan fingerprint density at radius 2 is 1.83 bits per heavy atom. The first-order valence-corrected chi connectivity index (χ1v) is 6.19. The minimum atomic E-state index is -0.378. The largest absolute Gasteiger partial charge is 0.494 e. The van der Waals surface area contributed by atoms with Gasteiger partial charge in [-0.1, -0.05) is 0 Å². The Kier molecular flexibility index (Phi) is 5.49. The van der Waals surface area contributed by atoms with E-state index in [0.29, 0.717) is 30.3 Å². The lowest BCUT2D eigenvalue weighted by Gasteiger charge is -2.13. The van der Waals surface area contributed by atoms with Crippen LogP contribution in [0.4, 0.5) is 0 Å². The molecule has 0 saturated heterocycles. The first kappa shape index (κ1) is 14.4. The average Bonchev–Trinajstić information content (AvgIpc) is 2.29. The molecule has 0 aromatic heterocycles. The summed E-state index contributed by atoms with van der Waals surface area (Å²) in [6.45, 7) is 8.45. The highest BCUT2D eigenvalue weighted by Crippen LogP contribution is 2.26. The average molecular weight is 252 g/mol. The van der Waals surface area contributed by atoms with Gasteiger partial charge in [0.1, 0.15) is 17.1 Å². The lowest BCUT2D eigenvalue weighted by molar-refractivity contribution is 0.0373. The van der Waals surface area contributed by atoms with E-state index in [0.717, 1.165) is 0 Å². The number of rotatable bonds is 6. The molecule has 0 radical (unpaired) electrons. The van der Waals surface area contributed by atoms with E-state index in [1.165, 1.54) is 0 Å². The molecule has 0 atom stereocenters. The fourth-order valence-electron chi connectivity index (χ4n) is 1.48. The number of carbonyl (C=O) groups is 1. The highest BCUT2D eigenvalue weighted by Gasteiger charge is 2.16. The van der Waals surface area contributed by atoms with Gasteiger partial charge in [-0.25, -0.2) is 4.79 Å². The molecule has 0 fully saturated rings. The SMILES string of the molecule is CCOc1ccc(C(=O)OC(C)C)c(OCC)c1.